The van der Waals surface area contributed by atoms with Crippen molar-refractivity contribution in [2.45, 2.75) is 65.0 Å². The van der Waals surface area contributed by atoms with Gasteiger partial charge in [-0.05, 0) is 43.4 Å². The highest BCUT2D eigenvalue weighted by molar-refractivity contribution is 5.73. The molecule has 1 saturated carbocycles. The maximum atomic E-state index is 12.0. The average Bonchev–Trinajstić information content (AvgIpc) is 2.97. The Labute approximate surface area is 151 Å². The van der Waals surface area contributed by atoms with Crippen LogP contribution >= 0.6 is 0 Å². The van der Waals surface area contributed by atoms with Crippen molar-refractivity contribution in [3.8, 4) is 0 Å². The third kappa shape index (κ3) is 3.94. The molecule has 1 N–H and O–H groups in total. The molecule has 0 aromatic heterocycles. The number of hydrogen-bond donors (Lipinski definition) is 1. The van der Waals surface area contributed by atoms with Gasteiger partial charge in [-0.25, -0.2) is 4.79 Å². The smallest absolute Gasteiger partial charge is 0.407 e. The van der Waals surface area contributed by atoms with E-state index in [0.29, 0.717) is 24.5 Å². The van der Waals surface area contributed by atoms with E-state index in [2.05, 4.69) is 23.6 Å². The SMILES string of the molecule is CC(=O)N(CC(C)C)C1CCN(C2CC3(CCN(C(=O)O)C3)C2)CC1. The van der Waals surface area contributed by atoms with Crippen LogP contribution in [0.25, 0.3) is 0 Å². The Morgan fingerprint density at radius 3 is 2.32 bits per heavy atom. The zero-order valence-corrected chi connectivity index (χ0v) is 15.9. The Morgan fingerprint density at radius 2 is 1.84 bits per heavy atom. The first-order valence-electron chi connectivity index (χ1n) is 9.79. The Hall–Kier alpha value is -1.30. The molecule has 3 rings (SSSR count). The van der Waals surface area contributed by atoms with Gasteiger partial charge in [0.2, 0.25) is 5.91 Å². The fourth-order valence-electron chi connectivity index (χ4n) is 5.12. The summed E-state index contributed by atoms with van der Waals surface area (Å²) in [6.45, 7) is 10.4. The molecule has 3 fully saturated rings. The van der Waals surface area contributed by atoms with Gasteiger partial charge in [-0.1, -0.05) is 13.8 Å². The van der Waals surface area contributed by atoms with Crippen LogP contribution in [0.4, 0.5) is 4.79 Å². The van der Waals surface area contributed by atoms with Crippen molar-refractivity contribution in [1.29, 1.82) is 0 Å². The summed E-state index contributed by atoms with van der Waals surface area (Å²) < 4.78 is 0. The van der Waals surface area contributed by atoms with Crippen LogP contribution in [0, 0.1) is 11.3 Å². The number of carboxylic acid groups (broad SMARTS) is 1. The number of carbonyl (C=O) groups excluding carboxylic acids is 1. The summed E-state index contributed by atoms with van der Waals surface area (Å²) in [4.78, 5) is 29.3. The highest BCUT2D eigenvalue weighted by Gasteiger charge is 2.51. The zero-order chi connectivity index (χ0) is 18.2. The van der Waals surface area contributed by atoms with Crippen LogP contribution in [0.5, 0.6) is 0 Å². The molecule has 0 atom stereocenters. The second kappa shape index (κ2) is 7.14. The lowest BCUT2D eigenvalue weighted by molar-refractivity contribution is -0.133. The summed E-state index contributed by atoms with van der Waals surface area (Å²) in [5.41, 5.74) is 0.253. The zero-order valence-electron chi connectivity index (χ0n) is 15.9. The van der Waals surface area contributed by atoms with Crippen LogP contribution in [0.2, 0.25) is 0 Å². The lowest BCUT2D eigenvalue weighted by Gasteiger charge is -2.52. The quantitative estimate of drug-likeness (QED) is 0.845. The van der Waals surface area contributed by atoms with Gasteiger partial charge in [-0.15, -0.1) is 0 Å². The van der Waals surface area contributed by atoms with E-state index in [-0.39, 0.29) is 11.3 Å². The summed E-state index contributed by atoms with van der Waals surface area (Å²) in [6.07, 6.45) is 4.68. The molecule has 0 aromatic rings. The normalized spacial score (nSPS) is 30.7. The van der Waals surface area contributed by atoms with Crippen LogP contribution < -0.4 is 0 Å². The molecule has 0 radical (unpaired) electrons. The molecule has 2 saturated heterocycles. The van der Waals surface area contributed by atoms with Crippen molar-refractivity contribution >= 4 is 12.0 Å². The summed E-state index contributed by atoms with van der Waals surface area (Å²) in [5.74, 6) is 0.711. The third-order valence-corrected chi connectivity index (χ3v) is 6.47. The first kappa shape index (κ1) is 18.5. The van der Waals surface area contributed by atoms with Crippen molar-refractivity contribution in [2.75, 3.05) is 32.7 Å². The molecule has 1 spiro atoms. The van der Waals surface area contributed by atoms with E-state index in [4.69, 9.17) is 5.11 Å². The van der Waals surface area contributed by atoms with E-state index in [1.54, 1.807) is 11.8 Å². The molecular weight excluding hydrogens is 318 g/mol. The molecule has 6 heteroatoms. The fraction of sp³-hybridized carbons (Fsp3) is 0.895. The molecule has 3 aliphatic rings. The molecule has 0 bridgehead atoms. The molecular formula is C19H33N3O3. The molecule has 2 aliphatic heterocycles. The Kier molecular flexibility index (Phi) is 5.28. The summed E-state index contributed by atoms with van der Waals surface area (Å²) >= 11 is 0. The van der Waals surface area contributed by atoms with E-state index in [9.17, 15) is 9.59 Å². The molecule has 6 nitrogen and oxygen atoms in total. The highest BCUT2D eigenvalue weighted by atomic mass is 16.4. The van der Waals surface area contributed by atoms with Crippen LogP contribution in [0.3, 0.4) is 0 Å². The lowest BCUT2D eigenvalue weighted by Crippen LogP contribution is -2.56. The number of piperidine rings is 1. The highest BCUT2D eigenvalue weighted by Crippen LogP contribution is 2.50. The molecule has 142 valence electrons. The van der Waals surface area contributed by atoms with E-state index in [1.165, 1.54) is 0 Å². The number of likely N-dealkylation sites (tertiary alicyclic amines) is 2. The minimum absolute atomic E-state index is 0.203. The monoisotopic (exact) mass is 351 g/mol. The van der Waals surface area contributed by atoms with Gasteiger partial charge in [0, 0.05) is 51.7 Å². The predicted octanol–water partition coefficient (Wildman–Crippen LogP) is 2.49. The summed E-state index contributed by atoms with van der Waals surface area (Å²) in [5, 5.41) is 9.15. The average molecular weight is 351 g/mol. The minimum atomic E-state index is -0.768. The van der Waals surface area contributed by atoms with Crippen molar-refractivity contribution in [1.82, 2.24) is 14.7 Å². The van der Waals surface area contributed by atoms with Gasteiger partial charge in [0.05, 0.1) is 0 Å². The van der Waals surface area contributed by atoms with Gasteiger partial charge in [0.25, 0.3) is 0 Å². The maximum Gasteiger partial charge on any atom is 0.407 e. The second-order valence-electron chi connectivity index (χ2n) is 8.85. The molecule has 1 aliphatic carbocycles. The predicted molar refractivity (Wildman–Crippen MR) is 96.5 cm³/mol. The topological polar surface area (TPSA) is 64.1 Å². The third-order valence-electron chi connectivity index (χ3n) is 6.47. The van der Waals surface area contributed by atoms with E-state index in [1.807, 2.05) is 0 Å². The maximum absolute atomic E-state index is 12.0. The fourth-order valence-corrected chi connectivity index (χ4v) is 5.12. The Morgan fingerprint density at radius 1 is 1.20 bits per heavy atom. The molecule has 2 amide bonds. The van der Waals surface area contributed by atoms with Crippen molar-refractivity contribution < 1.29 is 14.7 Å². The lowest BCUT2D eigenvalue weighted by atomic mass is 9.64. The Balaban J connectivity index is 1.46. The molecule has 0 aromatic carbocycles. The first-order chi connectivity index (χ1) is 11.8. The van der Waals surface area contributed by atoms with Gasteiger partial charge in [0.15, 0.2) is 0 Å². The second-order valence-corrected chi connectivity index (χ2v) is 8.85. The number of amides is 2. The minimum Gasteiger partial charge on any atom is -0.465 e. The van der Waals surface area contributed by atoms with E-state index in [0.717, 1.165) is 58.3 Å². The number of rotatable bonds is 4. The first-order valence-corrected chi connectivity index (χ1v) is 9.79. The number of hydrogen-bond acceptors (Lipinski definition) is 3. The Bertz CT molecular complexity index is 508. The van der Waals surface area contributed by atoms with Crippen LogP contribution in [-0.4, -0.2) is 76.6 Å². The molecule has 0 unspecified atom stereocenters. The van der Waals surface area contributed by atoms with Crippen LogP contribution in [0.1, 0.15) is 52.9 Å². The largest absolute Gasteiger partial charge is 0.465 e. The molecule has 2 heterocycles. The summed E-state index contributed by atoms with van der Waals surface area (Å²) in [7, 11) is 0. The van der Waals surface area contributed by atoms with Crippen molar-refractivity contribution in [2.24, 2.45) is 11.3 Å². The molecule has 25 heavy (non-hydrogen) atoms. The van der Waals surface area contributed by atoms with Crippen LogP contribution in [-0.2, 0) is 4.79 Å². The summed E-state index contributed by atoms with van der Waals surface area (Å²) in [6, 6.07) is 1.00. The van der Waals surface area contributed by atoms with Crippen LogP contribution in [0.15, 0.2) is 0 Å². The van der Waals surface area contributed by atoms with Gasteiger partial charge in [-0.2, -0.15) is 0 Å². The van der Waals surface area contributed by atoms with Gasteiger partial charge in [0.1, 0.15) is 0 Å². The van der Waals surface area contributed by atoms with Gasteiger partial charge >= 0.3 is 6.09 Å². The van der Waals surface area contributed by atoms with Crippen molar-refractivity contribution in [3.63, 3.8) is 0 Å². The standard InChI is InChI=1S/C19H33N3O3/c1-14(2)12-22(15(3)23)16-4-7-20(8-5-16)17-10-19(11-17)6-9-21(13-19)18(24)25/h14,16-17H,4-13H2,1-3H3,(H,24,25). The van der Waals surface area contributed by atoms with Gasteiger partial charge in [-0.3, -0.25) is 4.79 Å². The van der Waals surface area contributed by atoms with Gasteiger partial charge < -0.3 is 19.8 Å². The van der Waals surface area contributed by atoms with E-state index < -0.39 is 6.09 Å². The van der Waals surface area contributed by atoms with E-state index >= 15 is 0 Å². The van der Waals surface area contributed by atoms with Crippen molar-refractivity contribution in [3.05, 3.63) is 0 Å². The number of nitrogens with zero attached hydrogens (tertiary/aromatic N) is 3. The number of carbonyl (C=O) groups is 2.